The number of H-pyrrole nitrogens is 1. The van der Waals surface area contributed by atoms with Gasteiger partial charge in [-0.05, 0) is 50.5 Å². The summed E-state index contributed by atoms with van der Waals surface area (Å²) >= 11 is 0. The van der Waals surface area contributed by atoms with Crippen LogP contribution in [0.25, 0.3) is 22.3 Å². The fourth-order valence-corrected chi connectivity index (χ4v) is 5.08. The van der Waals surface area contributed by atoms with Gasteiger partial charge in [-0.25, -0.2) is 24.1 Å². The van der Waals surface area contributed by atoms with Crippen LogP contribution in [0.2, 0.25) is 0 Å². The van der Waals surface area contributed by atoms with E-state index in [4.69, 9.17) is 0 Å². The van der Waals surface area contributed by atoms with Crippen molar-refractivity contribution in [1.29, 1.82) is 5.26 Å². The van der Waals surface area contributed by atoms with E-state index in [1.165, 1.54) is 12.4 Å². The molecule has 1 aliphatic heterocycles. The number of hydrogen-bond acceptors (Lipinski definition) is 5. The molecule has 2 amide bonds. The van der Waals surface area contributed by atoms with Crippen LogP contribution in [0.3, 0.4) is 0 Å². The summed E-state index contributed by atoms with van der Waals surface area (Å²) in [6, 6.07) is 3.46. The zero-order chi connectivity index (χ0) is 22.8. The van der Waals surface area contributed by atoms with E-state index < -0.39 is 5.82 Å². The van der Waals surface area contributed by atoms with Crippen LogP contribution >= 0.6 is 0 Å². The van der Waals surface area contributed by atoms with Gasteiger partial charge < -0.3 is 15.2 Å². The van der Waals surface area contributed by atoms with E-state index in [0.717, 1.165) is 57.0 Å². The number of nitrogens with one attached hydrogen (secondary N) is 2. The van der Waals surface area contributed by atoms with Gasteiger partial charge in [-0.3, -0.25) is 0 Å². The number of carbonyl (C=O) groups excluding carboxylic acids is 1. The molecule has 3 aromatic rings. The molecule has 5 rings (SSSR count). The van der Waals surface area contributed by atoms with Crippen molar-refractivity contribution >= 4 is 17.1 Å². The van der Waals surface area contributed by atoms with E-state index in [1.54, 1.807) is 12.4 Å². The van der Waals surface area contributed by atoms with Gasteiger partial charge >= 0.3 is 6.03 Å². The number of halogens is 1. The zero-order valence-corrected chi connectivity index (χ0v) is 18.4. The molecule has 2 N–H and O–H groups in total. The first-order valence-electron chi connectivity index (χ1n) is 11.5. The van der Waals surface area contributed by atoms with E-state index in [-0.39, 0.29) is 23.6 Å². The van der Waals surface area contributed by atoms with Crippen molar-refractivity contribution in [1.82, 2.24) is 30.2 Å². The number of fused-ring (bicyclic) bond motifs is 1. The maximum Gasteiger partial charge on any atom is 0.317 e. The van der Waals surface area contributed by atoms with Crippen molar-refractivity contribution in [2.24, 2.45) is 5.92 Å². The molecule has 4 heterocycles. The van der Waals surface area contributed by atoms with Gasteiger partial charge in [-0.1, -0.05) is 6.42 Å². The molecule has 0 radical (unpaired) electrons. The molecule has 0 unspecified atom stereocenters. The van der Waals surface area contributed by atoms with Crippen LogP contribution in [0.5, 0.6) is 0 Å². The number of nitriles is 1. The lowest BCUT2D eigenvalue weighted by Crippen LogP contribution is -2.45. The van der Waals surface area contributed by atoms with Crippen molar-refractivity contribution in [3.63, 3.8) is 0 Å². The molecule has 1 aliphatic carbocycles. The van der Waals surface area contributed by atoms with Crippen LogP contribution in [0.1, 0.15) is 49.8 Å². The molecule has 0 spiro atoms. The van der Waals surface area contributed by atoms with E-state index in [1.807, 2.05) is 4.90 Å². The molecule has 8 nitrogen and oxygen atoms in total. The van der Waals surface area contributed by atoms with Crippen molar-refractivity contribution in [2.45, 2.75) is 51.0 Å². The first kappa shape index (κ1) is 21.3. The number of nitrogens with zero attached hydrogens (tertiary/aromatic N) is 5. The summed E-state index contributed by atoms with van der Waals surface area (Å²) in [7, 11) is 0. The summed E-state index contributed by atoms with van der Waals surface area (Å²) in [4.78, 5) is 30.3. The molecule has 2 fully saturated rings. The number of rotatable bonds is 4. The summed E-state index contributed by atoms with van der Waals surface area (Å²) in [6.07, 6.45) is 11.1. The smallest absolute Gasteiger partial charge is 0.317 e. The third kappa shape index (κ3) is 4.38. The Morgan fingerprint density at radius 2 is 2.15 bits per heavy atom. The minimum atomic E-state index is -0.463. The van der Waals surface area contributed by atoms with Gasteiger partial charge in [-0.15, -0.1) is 0 Å². The average Bonchev–Trinajstić information content (AvgIpc) is 3.51. The number of aromatic amines is 1. The maximum atomic E-state index is 14.9. The van der Waals surface area contributed by atoms with Gasteiger partial charge in [0.2, 0.25) is 0 Å². The lowest BCUT2D eigenvalue weighted by atomic mass is 9.82. The lowest BCUT2D eigenvalue weighted by molar-refractivity contribution is 0.195. The Balaban J connectivity index is 1.35. The maximum absolute atomic E-state index is 14.9. The number of urea groups is 1. The third-order valence-electron chi connectivity index (χ3n) is 6.77. The molecule has 0 bridgehead atoms. The topological polar surface area (TPSA) is 111 Å². The standard InChI is InChI=1S/C24H26FN7O/c25-20-10-16(11-26)22(18-13-28-23-19(18)12-27-14-29-23)31-21(20)9-15-4-3-5-17(8-15)30-24(33)32-6-1-2-7-32/h10,12-15,17H,1-9H2,(H,30,33)(H,27,28,29)/t15-,17+/m0/s1. The van der Waals surface area contributed by atoms with Crippen LogP contribution in [-0.4, -0.2) is 50.0 Å². The molecule has 2 aliphatic rings. The number of hydrogen-bond donors (Lipinski definition) is 2. The highest BCUT2D eigenvalue weighted by Gasteiger charge is 2.27. The predicted molar refractivity (Wildman–Crippen MR) is 121 cm³/mol. The fraction of sp³-hybridized carbons (Fsp3) is 0.458. The molecule has 0 aromatic carbocycles. The summed E-state index contributed by atoms with van der Waals surface area (Å²) in [6.45, 7) is 1.65. The Labute approximate surface area is 191 Å². The second-order valence-corrected chi connectivity index (χ2v) is 8.99. The van der Waals surface area contributed by atoms with Gasteiger partial charge in [-0.2, -0.15) is 5.26 Å². The van der Waals surface area contributed by atoms with Crippen molar-refractivity contribution in [3.8, 4) is 17.3 Å². The Morgan fingerprint density at radius 1 is 1.30 bits per heavy atom. The highest BCUT2D eigenvalue weighted by Crippen LogP contribution is 2.32. The van der Waals surface area contributed by atoms with E-state index in [2.05, 4.69) is 31.3 Å². The molecule has 2 atom stereocenters. The minimum Gasteiger partial charge on any atom is -0.345 e. The molecule has 33 heavy (non-hydrogen) atoms. The molecule has 3 aromatic heterocycles. The van der Waals surface area contributed by atoms with E-state index in [9.17, 15) is 14.4 Å². The van der Waals surface area contributed by atoms with Crippen molar-refractivity contribution in [3.05, 3.63) is 41.9 Å². The van der Waals surface area contributed by atoms with Crippen molar-refractivity contribution < 1.29 is 9.18 Å². The van der Waals surface area contributed by atoms with Crippen molar-refractivity contribution in [2.75, 3.05) is 13.1 Å². The largest absolute Gasteiger partial charge is 0.345 e. The number of pyridine rings is 1. The first-order valence-corrected chi connectivity index (χ1v) is 11.5. The van der Waals surface area contributed by atoms with Gasteiger partial charge in [0.25, 0.3) is 0 Å². The Hall–Kier alpha value is -3.54. The van der Waals surface area contributed by atoms with Gasteiger partial charge in [0, 0.05) is 42.5 Å². The second-order valence-electron chi connectivity index (χ2n) is 8.99. The monoisotopic (exact) mass is 447 g/mol. The molecular weight excluding hydrogens is 421 g/mol. The Bertz CT molecular complexity index is 1210. The highest BCUT2D eigenvalue weighted by molar-refractivity contribution is 5.93. The van der Waals surface area contributed by atoms with Gasteiger partial charge in [0.05, 0.1) is 17.0 Å². The molecular formula is C24H26FN7O. The summed E-state index contributed by atoms with van der Waals surface area (Å²) in [5.74, 6) is -0.244. The van der Waals surface area contributed by atoms with Gasteiger partial charge in [0.1, 0.15) is 23.9 Å². The molecule has 1 saturated heterocycles. The summed E-state index contributed by atoms with van der Waals surface area (Å²) in [5.41, 5.74) is 2.29. The normalized spacial score (nSPS) is 20.7. The van der Waals surface area contributed by atoms with Crippen LogP contribution in [0.15, 0.2) is 24.8 Å². The summed E-state index contributed by atoms with van der Waals surface area (Å²) < 4.78 is 14.9. The quantitative estimate of drug-likeness (QED) is 0.629. The molecule has 1 saturated carbocycles. The van der Waals surface area contributed by atoms with Crippen LogP contribution in [0.4, 0.5) is 9.18 Å². The Kier molecular flexibility index (Phi) is 5.90. The van der Waals surface area contributed by atoms with E-state index in [0.29, 0.717) is 29.0 Å². The second kappa shape index (κ2) is 9.14. The summed E-state index contributed by atoms with van der Waals surface area (Å²) in [5, 5.41) is 13.5. The van der Waals surface area contributed by atoms with Crippen LogP contribution < -0.4 is 5.32 Å². The number of aromatic nitrogens is 4. The highest BCUT2D eigenvalue weighted by atomic mass is 19.1. The average molecular weight is 448 g/mol. The molecule has 170 valence electrons. The minimum absolute atomic E-state index is 0.0182. The number of amides is 2. The molecule has 9 heteroatoms. The predicted octanol–water partition coefficient (Wildman–Crippen LogP) is 3.94. The first-order chi connectivity index (χ1) is 16.1. The van der Waals surface area contributed by atoms with E-state index >= 15 is 0 Å². The lowest BCUT2D eigenvalue weighted by Gasteiger charge is -2.31. The number of likely N-dealkylation sites (tertiary alicyclic amines) is 1. The fourth-order valence-electron chi connectivity index (χ4n) is 5.08. The van der Waals surface area contributed by atoms with Gasteiger partial charge in [0.15, 0.2) is 0 Å². The number of carbonyl (C=O) groups is 1. The van der Waals surface area contributed by atoms with Crippen LogP contribution in [0, 0.1) is 23.1 Å². The zero-order valence-electron chi connectivity index (χ0n) is 18.4. The SMILES string of the molecule is N#Cc1cc(F)c(C[C@H]2CCC[C@@H](NC(=O)N3CCCC3)C2)nc1-c1c[nH]c2ncncc12. The Morgan fingerprint density at radius 3 is 2.97 bits per heavy atom. The third-order valence-corrected chi connectivity index (χ3v) is 6.77. The van der Waals surface area contributed by atoms with Crippen LogP contribution in [-0.2, 0) is 6.42 Å².